The Labute approximate surface area is 174 Å². The summed E-state index contributed by atoms with van der Waals surface area (Å²) in [6, 6.07) is 17.5. The number of fused-ring (bicyclic) bond motifs is 2. The van der Waals surface area contributed by atoms with Gasteiger partial charge in [-0.25, -0.2) is 9.67 Å². The van der Waals surface area contributed by atoms with E-state index >= 15 is 0 Å². The smallest absolute Gasteiger partial charge is 0.267 e. The van der Waals surface area contributed by atoms with Gasteiger partial charge in [-0.15, -0.1) is 11.3 Å². The van der Waals surface area contributed by atoms with E-state index in [0.717, 1.165) is 37.6 Å². The number of ether oxygens (including phenoxy) is 1. The molecule has 144 valence electrons. The minimum absolute atomic E-state index is 0.170. The number of thiazole rings is 1. The quantitative estimate of drug-likeness (QED) is 0.430. The van der Waals surface area contributed by atoms with Crippen LogP contribution in [0, 0.1) is 6.92 Å². The lowest BCUT2D eigenvalue weighted by Crippen LogP contribution is -2.09. The lowest BCUT2D eigenvalue weighted by atomic mass is 10.3. The number of carbonyl (C=O) groups excluding carboxylic acids is 1. The molecule has 0 unspecified atom stereocenters. The molecule has 29 heavy (non-hydrogen) atoms. The number of aryl methyl sites for hydroxylation is 1. The molecule has 0 bridgehead atoms. The third-order valence-electron chi connectivity index (χ3n) is 4.59. The van der Waals surface area contributed by atoms with Crippen molar-refractivity contribution in [3.8, 4) is 11.4 Å². The number of benzene rings is 2. The molecule has 1 amide bonds. The zero-order valence-corrected chi connectivity index (χ0v) is 17.3. The van der Waals surface area contributed by atoms with Crippen molar-refractivity contribution in [1.29, 1.82) is 0 Å². The molecular formula is C21H16N4O2S2. The fourth-order valence-electron chi connectivity index (χ4n) is 3.15. The van der Waals surface area contributed by atoms with Gasteiger partial charge in [-0.3, -0.25) is 10.1 Å². The summed E-state index contributed by atoms with van der Waals surface area (Å²) in [7, 11) is 1.63. The van der Waals surface area contributed by atoms with Gasteiger partial charge in [0.25, 0.3) is 5.91 Å². The van der Waals surface area contributed by atoms with Gasteiger partial charge < -0.3 is 4.74 Å². The van der Waals surface area contributed by atoms with E-state index < -0.39 is 0 Å². The molecular weight excluding hydrogens is 404 g/mol. The predicted octanol–water partition coefficient (Wildman–Crippen LogP) is 5.27. The van der Waals surface area contributed by atoms with E-state index in [-0.39, 0.29) is 5.91 Å². The molecule has 0 atom stereocenters. The number of rotatable bonds is 4. The van der Waals surface area contributed by atoms with Crippen LogP contribution in [-0.4, -0.2) is 27.8 Å². The first-order chi connectivity index (χ1) is 14.1. The summed E-state index contributed by atoms with van der Waals surface area (Å²) in [6.07, 6.45) is 0. The van der Waals surface area contributed by atoms with E-state index in [4.69, 9.17) is 4.74 Å². The Morgan fingerprint density at radius 1 is 1.10 bits per heavy atom. The van der Waals surface area contributed by atoms with E-state index in [1.165, 1.54) is 22.7 Å². The first-order valence-electron chi connectivity index (χ1n) is 8.93. The van der Waals surface area contributed by atoms with E-state index in [2.05, 4.69) is 15.4 Å². The van der Waals surface area contributed by atoms with Crippen molar-refractivity contribution in [1.82, 2.24) is 14.8 Å². The van der Waals surface area contributed by atoms with Crippen molar-refractivity contribution < 1.29 is 9.53 Å². The monoisotopic (exact) mass is 420 g/mol. The van der Waals surface area contributed by atoms with Crippen LogP contribution in [0.25, 0.3) is 26.1 Å². The lowest BCUT2D eigenvalue weighted by molar-refractivity contribution is 0.103. The number of nitrogens with zero attached hydrogens (tertiary/aromatic N) is 3. The average molecular weight is 421 g/mol. The molecule has 6 nitrogen and oxygen atoms in total. The van der Waals surface area contributed by atoms with Crippen LogP contribution >= 0.6 is 22.7 Å². The Bertz CT molecular complexity index is 1350. The lowest BCUT2D eigenvalue weighted by Gasteiger charge is -2.01. The number of amides is 1. The first-order valence-corrected chi connectivity index (χ1v) is 10.6. The highest BCUT2D eigenvalue weighted by Gasteiger charge is 2.18. The minimum atomic E-state index is -0.170. The van der Waals surface area contributed by atoms with Gasteiger partial charge in [0.1, 0.15) is 10.6 Å². The molecule has 2 aromatic carbocycles. The average Bonchev–Trinajstić information content (AvgIpc) is 3.42. The van der Waals surface area contributed by atoms with Crippen molar-refractivity contribution in [2.75, 3.05) is 12.4 Å². The van der Waals surface area contributed by atoms with Crippen LogP contribution in [0.1, 0.15) is 15.4 Å². The zero-order valence-electron chi connectivity index (χ0n) is 15.7. The van der Waals surface area contributed by atoms with E-state index in [1.807, 2.05) is 66.2 Å². The normalized spacial score (nSPS) is 11.2. The topological polar surface area (TPSA) is 69.0 Å². The molecule has 5 aromatic rings. The number of aromatic nitrogens is 3. The van der Waals surface area contributed by atoms with Gasteiger partial charge in [-0.1, -0.05) is 29.5 Å². The van der Waals surface area contributed by atoms with Gasteiger partial charge in [0.05, 0.1) is 33.6 Å². The number of anilines is 1. The summed E-state index contributed by atoms with van der Waals surface area (Å²) in [4.78, 5) is 18.9. The highest BCUT2D eigenvalue weighted by molar-refractivity contribution is 7.23. The van der Waals surface area contributed by atoms with E-state index in [9.17, 15) is 4.79 Å². The van der Waals surface area contributed by atoms with Gasteiger partial charge >= 0.3 is 0 Å². The maximum Gasteiger partial charge on any atom is 0.267 e. The zero-order chi connectivity index (χ0) is 20.0. The summed E-state index contributed by atoms with van der Waals surface area (Å²) in [6.45, 7) is 1.96. The van der Waals surface area contributed by atoms with Crippen LogP contribution in [0.15, 0.2) is 54.6 Å². The number of thiophene rings is 1. The molecule has 0 spiro atoms. The number of hydrogen-bond donors (Lipinski definition) is 1. The van der Waals surface area contributed by atoms with Crippen molar-refractivity contribution in [3.05, 3.63) is 65.2 Å². The molecule has 3 aromatic heterocycles. The number of para-hydroxylation sites is 1. The summed E-state index contributed by atoms with van der Waals surface area (Å²) in [5, 5.41) is 9.10. The number of carbonyl (C=O) groups is 1. The minimum Gasteiger partial charge on any atom is -0.497 e. The first kappa shape index (κ1) is 17.8. The third kappa shape index (κ3) is 3.16. The van der Waals surface area contributed by atoms with Gasteiger partial charge in [-0.05, 0) is 43.3 Å². The number of methoxy groups -OCH3 is 1. The second-order valence-corrected chi connectivity index (χ2v) is 8.53. The Hall–Kier alpha value is -3.23. The summed E-state index contributed by atoms with van der Waals surface area (Å²) in [5.41, 5.74) is 2.70. The number of hydrogen-bond acceptors (Lipinski definition) is 6. The second kappa shape index (κ2) is 6.98. The van der Waals surface area contributed by atoms with Crippen LogP contribution in [0.4, 0.5) is 5.13 Å². The van der Waals surface area contributed by atoms with Crippen LogP contribution in [0.5, 0.6) is 5.75 Å². The molecule has 0 aliphatic heterocycles. The maximum atomic E-state index is 12.9. The molecule has 1 N–H and O–H groups in total. The molecule has 0 aliphatic rings. The van der Waals surface area contributed by atoms with Crippen molar-refractivity contribution in [2.45, 2.75) is 6.92 Å². The van der Waals surface area contributed by atoms with Crippen molar-refractivity contribution in [2.24, 2.45) is 0 Å². The second-order valence-electron chi connectivity index (χ2n) is 6.47. The standard InChI is InChI=1S/C21H16N4O2S2/c1-12-15-11-18(28-20(15)25(24-12)13-6-4-3-5-7-13)19(26)23-21-22-16-9-8-14(27-2)10-17(16)29-21/h3-11H,1-2H3,(H,22,23,26). The van der Waals surface area contributed by atoms with Crippen LogP contribution in [0.2, 0.25) is 0 Å². The van der Waals surface area contributed by atoms with Gasteiger partial charge in [0.2, 0.25) is 0 Å². The Morgan fingerprint density at radius 2 is 1.93 bits per heavy atom. The van der Waals surface area contributed by atoms with Crippen LogP contribution in [-0.2, 0) is 0 Å². The summed E-state index contributed by atoms with van der Waals surface area (Å²) >= 11 is 2.85. The fraction of sp³-hybridized carbons (Fsp3) is 0.0952. The SMILES string of the molecule is COc1ccc2nc(NC(=O)c3cc4c(C)nn(-c5ccccc5)c4s3)sc2c1. The molecule has 0 saturated heterocycles. The molecule has 3 heterocycles. The maximum absolute atomic E-state index is 12.9. The molecule has 0 radical (unpaired) electrons. The van der Waals surface area contributed by atoms with Crippen molar-refractivity contribution in [3.63, 3.8) is 0 Å². The molecule has 0 fully saturated rings. The summed E-state index contributed by atoms with van der Waals surface area (Å²) in [5.74, 6) is 0.598. The number of nitrogens with one attached hydrogen (secondary N) is 1. The van der Waals surface area contributed by atoms with Gasteiger partial charge in [0.15, 0.2) is 5.13 Å². The summed E-state index contributed by atoms with van der Waals surface area (Å²) < 4.78 is 8.10. The highest BCUT2D eigenvalue weighted by Crippen LogP contribution is 2.32. The Kier molecular flexibility index (Phi) is 4.30. The third-order valence-corrected chi connectivity index (χ3v) is 6.63. The molecule has 5 rings (SSSR count). The fourth-order valence-corrected chi connectivity index (χ4v) is 5.11. The van der Waals surface area contributed by atoms with Gasteiger partial charge in [0, 0.05) is 5.39 Å². The predicted molar refractivity (Wildman–Crippen MR) is 118 cm³/mol. The van der Waals surface area contributed by atoms with Crippen LogP contribution in [0.3, 0.4) is 0 Å². The van der Waals surface area contributed by atoms with E-state index in [1.54, 1.807) is 7.11 Å². The largest absolute Gasteiger partial charge is 0.497 e. The van der Waals surface area contributed by atoms with Crippen LogP contribution < -0.4 is 10.1 Å². The molecule has 8 heteroatoms. The van der Waals surface area contributed by atoms with Crippen molar-refractivity contribution >= 4 is 54.1 Å². The van der Waals surface area contributed by atoms with E-state index in [0.29, 0.717) is 10.0 Å². The van der Waals surface area contributed by atoms with Gasteiger partial charge in [-0.2, -0.15) is 5.10 Å². The highest BCUT2D eigenvalue weighted by atomic mass is 32.1. The Balaban J connectivity index is 1.47. The molecule has 0 aliphatic carbocycles. The Morgan fingerprint density at radius 3 is 2.72 bits per heavy atom. The molecule has 0 saturated carbocycles.